The molecule has 4 nitrogen and oxygen atoms in total. The highest BCUT2D eigenvalue weighted by Crippen LogP contribution is 2.61. The average molecular weight is 457 g/mol. The molecule has 0 spiro atoms. The van der Waals surface area contributed by atoms with Crippen LogP contribution in [-0.2, 0) is 18.9 Å². The van der Waals surface area contributed by atoms with Gasteiger partial charge in [-0.25, -0.2) is 0 Å². The number of hydrogen-bond acceptors (Lipinski definition) is 4. The summed E-state index contributed by atoms with van der Waals surface area (Å²) in [7, 11) is 0. The quantitative estimate of drug-likeness (QED) is 0.464. The summed E-state index contributed by atoms with van der Waals surface area (Å²) in [6, 6.07) is 0. The number of fused-ring (bicyclic) bond motifs is 4. The van der Waals surface area contributed by atoms with E-state index in [4.69, 9.17) is 18.9 Å². The molecule has 0 aromatic rings. The molecule has 4 aliphatic carbocycles. The van der Waals surface area contributed by atoms with Crippen molar-refractivity contribution in [1.82, 2.24) is 0 Å². The maximum atomic E-state index is 6.08. The van der Waals surface area contributed by atoms with Crippen LogP contribution in [0.3, 0.4) is 0 Å². The highest BCUT2D eigenvalue weighted by Gasteiger charge is 2.58. The van der Waals surface area contributed by atoms with Gasteiger partial charge < -0.3 is 18.9 Å². The molecule has 4 saturated heterocycles. The van der Waals surface area contributed by atoms with E-state index >= 15 is 0 Å². The molecule has 12 unspecified atom stereocenters. The van der Waals surface area contributed by atoms with E-state index in [9.17, 15) is 0 Å². The molecule has 4 saturated carbocycles. The van der Waals surface area contributed by atoms with Crippen LogP contribution in [0.15, 0.2) is 0 Å². The Hall–Kier alpha value is -0.160. The maximum absolute atomic E-state index is 6.08. The molecular weight excluding hydrogens is 412 g/mol. The van der Waals surface area contributed by atoms with Crippen LogP contribution in [0.4, 0.5) is 0 Å². The van der Waals surface area contributed by atoms with Crippen LogP contribution < -0.4 is 0 Å². The lowest BCUT2D eigenvalue weighted by molar-refractivity contribution is -0.0348. The number of rotatable bonds is 7. The molecule has 0 N–H and O–H groups in total. The Kier molecular flexibility index (Phi) is 4.87. The first-order valence-electron chi connectivity index (χ1n) is 14.7. The Balaban J connectivity index is 1.09. The Labute approximate surface area is 199 Å². The van der Waals surface area contributed by atoms with Gasteiger partial charge in [0.2, 0.25) is 0 Å². The molecule has 8 fully saturated rings. The minimum absolute atomic E-state index is 0.441. The summed E-state index contributed by atoms with van der Waals surface area (Å²) in [5.41, 5.74) is 0.441. The highest BCUT2D eigenvalue weighted by molar-refractivity contribution is 5.06. The van der Waals surface area contributed by atoms with Gasteiger partial charge >= 0.3 is 0 Å². The second-order valence-corrected chi connectivity index (χ2v) is 13.8. The zero-order valence-corrected chi connectivity index (χ0v) is 20.5. The second-order valence-electron chi connectivity index (χ2n) is 13.8. The van der Waals surface area contributed by atoms with E-state index < -0.39 is 0 Å². The van der Waals surface area contributed by atoms with Crippen molar-refractivity contribution in [1.29, 1.82) is 0 Å². The van der Waals surface area contributed by atoms with Crippen LogP contribution in [0.25, 0.3) is 0 Å². The molecule has 0 aromatic carbocycles. The third kappa shape index (κ3) is 3.85. The van der Waals surface area contributed by atoms with Gasteiger partial charge in [0, 0.05) is 0 Å². The second kappa shape index (κ2) is 7.67. The monoisotopic (exact) mass is 456 g/mol. The van der Waals surface area contributed by atoms with Gasteiger partial charge in [-0.1, -0.05) is 6.92 Å². The molecule has 12 atom stereocenters. The lowest BCUT2D eigenvalue weighted by Gasteiger charge is -2.53. The van der Waals surface area contributed by atoms with Crippen LogP contribution in [-0.4, -0.2) is 48.8 Å². The van der Waals surface area contributed by atoms with Gasteiger partial charge in [0.05, 0.1) is 48.8 Å². The van der Waals surface area contributed by atoms with E-state index in [1.54, 1.807) is 0 Å². The van der Waals surface area contributed by atoms with E-state index in [2.05, 4.69) is 6.92 Å². The molecule has 4 heteroatoms. The zero-order valence-electron chi connectivity index (χ0n) is 20.5. The van der Waals surface area contributed by atoms with E-state index in [0.29, 0.717) is 54.2 Å². The summed E-state index contributed by atoms with van der Waals surface area (Å²) in [4.78, 5) is 0. The molecule has 4 heterocycles. The van der Waals surface area contributed by atoms with Crippen molar-refractivity contribution in [2.75, 3.05) is 0 Å². The van der Waals surface area contributed by atoms with Gasteiger partial charge in [0.25, 0.3) is 0 Å². The summed E-state index contributed by atoms with van der Waals surface area (Å²) in [6.45, 7) is 2.77. The number of ether oxygens (including phenoxy) is 4. The molecule has 0 radical (unpaired) electrons. The standard InChI is InChI=1S/C29H44O4/c1-29(18-4-8-23-27(14-18)32-23,19-5-9-24-28(15-19)33-24)20(10-16-2-6-21-25(12-16)30-21)11-17-3-7-22-26(13-17)31-22/h16-28H,2-15H2,1H3. The molecule has 33 heavy (non-hydrogen) atoms. The number of epoxide rings is 4. The Bertz CT molecular complexity index is 711. The molecule has 0 bridgehead atoms. The van der Waals surface area contributed by atoms with Gasteiger partial charge in [0.15, 0.2) is 0 Å². The summed E-state index contributed by atoms with van der Waals surface area (Å²) >= 11 is 0. The van der Waals surface area contributed by atoms with E-state index in [1.807, 2.05) is 0 Å². The predicted molar refractivity (Wildman–Crippen MR) is 125 cm³/mol. The van der Waals surface area contributed by atoms with Crippen molar-refractivity contribution in [3.05, 3.63) is 0 Å². The fourth-order valence-corrected chi connectivity index (χ4v) is 9.75. The molecular formula is C29H44O4. The van der Waals surface area contributed by atoms with Crippen molar-refractivity contribution in [3.63, 3.8) is 0 Å². The molecule has 0 aromatic heterocycles. The van der Waals surface area contributed by atoms with E-state index in [0.717, 1.165) is 29.6 Å². The van der Waals surface area contributed by atoms with Crippen LogP contribution in [0, 0.1) is 35.0 Å². The number of hydrogen-bond donors (Lipinski definition) is 0. The zero-order chi connectivity index (χ0) is 21.7. The summed E-state index contributed by atoms with van der Waals surface area (Å²) in [5.74, 6) is 4.29. The first-order chi connectivity index (χ1) is 16.1. The van der Waals surface area contributed by atoms with Crippen LogP contribution in [0.2, 0.25) is 0 Å². The third-order valence-electron chi connectivity index (χ3n) is 12.1. The lowest BCUT2D eigenvalue weighted by Crippen LogP contribution is -2.47. The molecule has 184 valence electrons. The normalized spacial score (nSPS) is 56.3. The van der Waals surface area contributed by atoms with Gasteiger partial charge in [0.1, 0.15) is 0 Å². The molecule has 8 rings (SSSR count). The third-order valence-corrected chi connectivity index (χ3v) is 12.1. The van der Waals surface area contributed by atoms with Crippen molar-refractivity contribution in [3.8, 4) is 0 Å². The summed E-state index contributed by atoms with van der Waals surface area (Å²) in [6.07, 6.45) is 24.0. The fourth-order valence-electron chi connectivity index (χ4n) is 9.75. The predicted octanol–water partition coefficient (Wildman–Crippen LogP) is 5.66. The van der Waals surface area contributed by atoms with E-state index in [-0.39, 0.29) is 0 Å². The van der Waals surface area contributed by atoms with Crippen LogP contribution in [0.1, 0.15) is 96.8 Å². The van der Waals surface area contributed by atoms with Crippen LogP contribution in [0.5, 0.6) is 0 Å². The highest BCUT2D eigenvalue weighted by atomic mass is 16.6. The minimum atomic E-state index is 0.441. The first kappa shape index (κ1) is 21.0. The first-order valence-corrected chi connectivity index (χ1v) is 14.7. The summed E-state index contributed by atoms with van der Waals surface area (Å²) < 4.78 is 24.1. The molecule has 8 aliphatic rings. The van der Waals surface area contributed by atoms with Gasteiger partial charge in [-0.2, -0.15) is 0 Å². The van der Waals surface area contributed by atoms with Gasteiger partial charge in [-0.3, -0.25) is 0 Å². The van der Waals surface area contributed by atoms with Crippen LogP contribution >= 0.6 is 0 Å². The Morgan fingerprint density at radius 2 is 0.909 bits per heavy atom. The Morgan fingerprint density at radius 1 is 0.515 bits per heavy atom. The van der Waals surface area contributed by atoms with Crippen molar-refractivity contribution >= 4 is 0 Å². The topological polar surface area (TPSA) is 50.1 Å². The SMILES string of the molecule is CC(C(CC1CCC2OC2C1)CC1CCC2OC2C1)(C1CCC2OC2C1)C1CCC2OC2C1. The molecule has 0 amide bonds. The minimum Gasteiger partial charge on any atom is -0.370 e. The largest absolute Gasteiger partial charge is 0.370 e. The van der Waals surface area contributed by atoms with Gasteiger partial charge in [-0.05, 0) is 125 Å². The lowest BCUT2D eigenvalue weighted by atomic mass is 9.51. The van der Waals surface area contributed by atoms with Crippen molar-refractivity contribution < 1.29 is 18.9 Å². The van der Waals surface area contributed by atoms with Crippen molar-refractivity contribution in [2.24, 2.45) is 35.0 Å². The van der Waals surface area contributed by atoms with Gasteiger partial charge in [-0.15, -0.1) is 0 Å². The molecule has 4 aliphatic heterocycles. The maximum Gasteiger partial charge on any atom is 0.0844 e. The smallest absolute Gasteiger partial charge is 0.0844 e. The van der Waals surface area contributed by atoms with E-state index in [1.165, 1.54) is 89.9 Å². The Morgan fingerprint density at radius 3 is 1.30 bits per heavy atom. The van der Waals surface area contributed by atoms with Crippen molar-refractivity contribution in [2.45, 2.75) is 146 Å². The summed E-state index contributed by atoms with van der Waals surface area (Å²) in [5, 5.41) is 0. The fraction of sp³-hybridized carbons (Fsp3) is 1.00. The average Bonchev–Trinajstić information content (AvgIpc) is 3.64.